The molecule has 0 N–H and O–H groups in total. The highest BCUT2D eigenvalue weighted by Crippen LogP contribution is 2.38. The molecule has 1 fully saturated rings. The van der Waals surface area contributed by atoms with Crippen LogP contribution in [0.4, 0.5) is 0 Å². The zero-order valence-electron chi connectivity index (χ0n) is 11.5. The maximum absolute atomic E-state index is 11.5. The summed E-state index contributed by atoms with van der Waals surface area (Å²) in [6, 6.07) is 10.7. The highest BCUT2D eigenvalue weighted by Gasteiger charge is 2.30. The van der Waals surface area contributed by atoms with Gasteiger partial charge in [-0.1, -0.05) is 43.7 Å². The first-order valence-electron chi connectivity index (χ1n) is 7.24. The van der Waals surface area contributed by atoms with Gasteiger partial charge in [0.25, 0.3) is 0 Å². The molecular formula is C17H24O. The van der Waals surface area contributed by atoms with Gasteiger partial charge in [0.2, 0.25) is 0 Å². The molecule has 1 nitrogen and oxygen atoms in total. The molecule has 1 atom stereocenters. The monoisotopic (exact) mass is 244 g/mol. The highest BCUT2D eigenvalue weighted by molar-refractivity contribution is 5.79. The Labute approximate surface area is 111 Å². The second-order valence-electron chi connectivity index (χ2n) is 6.07. The molecule has 0 saturated heterocycles. The van der Waals surface area contributed by atoms with Gasteiger partial charge >= 0.3 is 0 Å². The van der Waals surface area contributed by atoms with Gasteiger partial charge in [0.05, 0.1) is 0 Å². The number of ketones is 1. The van der Waals surface area contributed by atoms with Gasteiger partial charge in [0.1, 0.15) is 5.78 Å². The Bertz CT molecular complexity index is 382. The molecule has 0 amide bonds. The van der Waals surface area contributed by atoms with E-state index in [1.807, 2.05) is 0 Å². The number of Topliss-reactive ketones (excluding diaryl/α,β-unsaturated/α-hetero) is 1. The minimum Gasteiger partial charge on any atom is -0.300 e. The van der Waals surface area contributed by atoms with E-state index in [-0.39, 0.29) is 0 Å². The summed E-state index contributed by atoms with van der Waals surface area (Å²) in [6.07, 6.45) is 8.86. The molecule has 2 rings (SSSR count). The topological polar surface area (TPSA) is 17.1 Å². The van der Waals surface area contributed by atoms with Gasteiger partial charge in [-0.25, -0.2) is 0 Å². The van der Waals surface area contributed by atoms with E-state index >= 15 is 0 Å². The summed E-state index contributed by atoms with van der Waals surface area (Å²) in [4.78, 5) is 11.5. The van der Waals surface area contributed by atoms with Gasteiger partial charge in [-0.2, -0.15) is 0 Å². The average molecular weight is 244 g/mol. The van der Waals surface area contributed by atoms with E-state index in [0.717, 1.165) is 19.3 Å². The molecule has 1 unspecified atom stereocenters. The highest BCUT2D eigenvalue weighted by atomic mass is 16.1. The van der Waals surface area contributed by atoms with Crippen LogP contribution in [-0.4, -0.2) is 5.78 Å². The summed E-state index contributed by atoms with van der Waals surface area (Å²) in [5.74, 6) is 0.479. The number of aryl methyl sites for hydroxylation is 1. The fourth-order valence-electron chi connectivity index (χ4n) is 3.10. The molecule has 98 valence electrons. The Morgan fingerprint density at radius 2 is 1.94 bits per heavy atom. The Hall–Kier alpha value is -1.11. The molecule has 18 heavy (non-hydrogen) atoms. The van der Waals surface area contributed by atoms with Crippen LogP contribution in [0.25, 0.3) is 0 Å². The Morgan fingerprint density at radius 1 is 1.17 bits per heavy atom. The van der Waals surface area contributed by atoms with Crippen LogP contribution in [0, 0.1) is 5.41 Å². The molecule has 1 saturated carbocycles. The van der Waals surface area contributed by atoms with Gasteiger partial charge in [-0.3, -0.25) is 4.79 Å². The zero-order chi connectivity index (χ0) is 12.8. The van der Waals surface area contributed by atoms with Crippen molar-refractivity contribution >= 4 is 5.78 Å². The summed E-state index contributed by atoms with van der Waals surface area (Å²) in [7, 11) is 0. The van der Waals surface area contributed by atoms with Crippen LogP contribution in [0.3, 0.4) is 0 Å². The molecule has 0 heterocycles. The third-order valence-corrected chi connectivity index (χ3v) is 4.20. The van der Waals surface area contributed by atoms with Crippen LogP contribution in [0.2, 0.25) is 0 Å². The SMILES string of the molecule is CC1(CCCCc2ccccc2)CCCC(=O)C1. The number of unbranched alkanes of at least 4 members (excludes halogenated alkanes) is 1. The van der Waals surface area contributed by atoms with Crippen LogP contribution in [0.1, 0.15) is 57.4 Å². The molecule has 1 aliphatic carbocycles. The second-order valence-corrected chi connectivity index (χ2v) is 6.07. The van der Waals surface area contributed by atoms with Gasteiger partial charge in [-0.05, 0) is 43.1 Å². The van der Waals surface area contributed by atoms with Crippen LogP contribution < -0.4 is 0 Å². The number of hydrogen-bond donors (Lipinski definition) is 0. The van der Waals surface area contributed by atoms with Gasteiger partial charge < -0.3 is 0 Å². The Morgan fingerprint density at radius 3 is 2.67 bits per heavy atom. The lowest BCUT2D eigenvalue weighted by molar-refractivity contribution is -0.123. The molecule has 0 radical (unpaired) electrons. The number of carbonyl (C=O) groups is 1. The average Bonchev–Trinajstić information content (AvgIpc) is 2.36. The van der Waals surface area contributed by atoms with Crippen molar-refractivity contribution in [2.45, 2.75) is 58.3 Å². The Kier molecular flexibility index (Phi) is 4.57. The molecule has 0 bridgehead atoms. The molecule has 0 aromatic heterocycles. The van der Waals surface area contributed by atoms with Crippen molar-refractivity contribution in [2.75, 3.05) is 0 Å². The van der Waals surface area contributed by atoms with Crippen molar-refractivity contribution in [1.82, 2.24) is 0 Å². The van der Waals surface area contributed by atoms with Crippen molar-refractivity contribution in [1.29, 1.82) is 0 Å². The molecule has 1 heteroatoms. The summed E-state index contributed by atoms with van der Waals surface area (Å²) < 4.78 is 0. The fourth-order valence-corrected chi connectivity index (χ4v) is 3.10. The summed E-state index contributed by atoms with van der Waals surface area (Å²) >= 11 is 0. The van der Waals surface area contributed by atoms with Crippen molar-refractivity contribution < 1.29 is 4.79 Å². The summed E-state index contributed by atoms with van der Waals surface area (Å²) in [5.41, 5.74) is 1.73. The molecule has 1 aliphatic rings. The first-order chi connectivity index (χ1) is 8.68. The minimum absolute atomic E-state index is 0.298. The number of hydrogen-bond acceptors (Lipinski definition) is 1. The van der Waals surface area contributed by atoms with Crippen molar-refractivity contribution in [3.05, 3.63) is 35.9 Å². The van der Waals surface area contributed by atoms with Gasteiger partial charge in [0, 0.05) is 12.8 Å². The lowest BCUT2D eigenvalue weighted by Crippen LogP contribution is -2.25. The number of rotatable bonds is 5. The van der Waals surface area contributed by atoms with E-state index in [2.05, 4.69) is 37.3 Å². The van der Waals surface area contributed by atoms with Crippen molar-refractivity contribution in [3.8, 4) is 0 Å². The summed E-state index contributed by atoms with van der Waals surface area (Å²) in [5, 5.41) is 0. The van der Waals surface area contributed by atoms with Crippen molar-refractivity contribution in [2.24, 2.45) is 5.41 Å². The van der Waals surface area contributed by atoms with E-state index in [1.54, 1.807) is 0 Å². The zero-order valence-corrected chi connectivity index (χ0v) is 11.5. The number of carbonyl (C=O) groups excluding carboxylic acids is 1. The van der Waals surface area contributed by atoms with Crippen LogP contribution in [0.5, 0.6) is 0 Å². The summed E-state index contributed by atoms with van der Waals surface area (Å²) in [6.45, 7) is 2.30. The van der Waals surface area contributed by atoms with Gasteiger partial charge in [-0.15, -0.1) is 0 Å². The smallest absolute Gasteiger partial charge is 0.133 e. The standard InChI is InChI=1S/C17H24O/c1-17(13-7-11-16(18)14-17)12-6-5-10-15-8-3-2-4-9-15/h2-4,8-9H,5-7,10-14H2,1H3. The maximum Gasteiger partial charge on any atom is 0.133 e. The molecule has 0 spiro atoms. The fraction of sp³-hybridized carbons (Fsp3) is 0.588. The van der Waals surface area contributed by atoms with Crippen LogP contribution >= 0.6 is 0 Å². The third kappa shape index (κ3) is 3.97. The van der Waals surface area contributed by atoms with E-state index in [0.29, 0.717) is 11.2 Å². The predicted octanol–water partition coefficient (Wildman–Crippen LogP) is 4.55. The van der Waals surface area contributed by atoms with Crippen LogP contribution in [0.15, 0.2) is 30.3 Å². The minimum atomic E-state index is 0.298. The third-order valence-electron chi connectivity index (χ3n) is 4.20. The lowest BCUT2D eigenvalue weighted by atomic mass is 9.72. The van der Waals surface area contributed by atoms with E-state index < -0.39 is 0 Å². The largest absolute Gasteiger partial charge is 0.300 e. The number of benzene rings is 1. The molecular weight excluding hydrogens is 220 g/mol. The molecule has 1 aromatic carbocycles. The molecule has 0 aliphatic heterocycles. The predicted molar refractivity (Wildman–Crippen MR) is 75.6 cm³/mol. The van der Waals surface area contributed by atoms with Crippen molar-refractivity contribution in [3.63, 3.8) is 0 Å². The van der Waals surface area contributed by atoms with E-state index in [9.17, 15) is 4.79 Å². The first kappa shape index (κ1) is 13.3. The Balaban J connectivity index is 1.70. The first-order valence-corrected chi connectivity index (χ1v) is 7.24. The maximum atomic E-state index is 11.5. The molecule has 1 aromatic rings. The van der Waals surface area contributed by atoms with E-state index in [1.165, 1.54) is 37.7 Å². The lowest BCUT2D eigenvalue weighted by Gasteiger charge is -2.32. The van der Waals surface area contributed by atoms with Gasteiger partial charge in [0.15, 0.2) is 0 Å². The van der Waals surface area contributed by atoms with Crippen LogP contribution in [-0.2, 0) is 11.2 Å². The second kappa shape index (κ2) is 6.17. The quantitative estimate of drug-likeness (QED) is 0.694. The normalized spacial score (nSPS) is 24.2. The van der Waals surface area contributed by atoms with E-state index in [4.69, 9.17) is 0 Å².